The average molecular weight is 346 g/mol. The molecule has 0 radical (unpaired) electrons. The lowest BCUT2D eigenvalue weighted by atomic mass is 9.95. The molecular formula is C17H22N4O2S. The van der Waals surface area contributed by atoms with Gasteiger partial charge in [-0.2, -0.15) is 16.9 Å². The van der Waals surface area contributed by atoms with Crippen LogP contribution in [-0.2, 0) is 4.74 Å². The molecule has 6 nitrogen and oxygen atoms in total. The Bertz CT molecular complexity index is 720. The van der Waals surface area contributed by atoms with Crippen molar-refractivity contribution in [3.8, 4) is 0 Å². The molecule has 0 bridgehead atoms. The minimum absolute atomic E-state index is 0.0518. The largest absolute Gasteiger partial charge is 0.379 e. The number of para-hydroxylation sites is 1. The summed E-state index contributed by atoms with van der Waals surface area (Å²) in [5, 5.41) is 11.1. The van der Waals surface area contributed by atoms with E-state index in [-0.39, 0.29) is 11.4 Å². The highest BCUT2D eigenvalue weighted by atomic mass is 32.2. The van der Waals surface area contributed by atoms with E-state index < -0.39 is 0 Å². The molecule has 128 valence electrons. The van der Waals surface area contributed by atoms with Crippen LogP contribution in [0.1, 0.15) is 16.9 Å². The van der Waals surface area contributed by atoms with E-state index in [4.69, 9.17) is 4.74 Å². The zero-order valence-electron chi connectivity index (χ0n) is 13.6. The summed E-state index contributed by atoms with van der Waals surface area (Å²) in [6, 6.07) is 7.72. The molecule has 3 heterocycles. The molecule has 4 rings (SSSR count). The number of aromatic amines is 1. The quantitative estimate of drug-likeness (QED) is 0.878. The van der Waals surface area contributed by atoms with Crippen LogP contribution >= 0.6 is 11.8 Å². The van der Waals surface area contributed by atoms with Crippen molar-refractivity contribution in [2.45, 2.75) is 12.0 Å². The minimum Gasteiger partial charge on any atom is -0.379 e. The number of benzene rings is 1. The van der Waals surface area contributed by atoms with Crippen LogP contribution in [0.4, 0.5) is 0 Å². The third kappa shape index (κ3) is 2.92. The topological polar surface area (TPSA) is 70.2 Å². The van der Waals surface area contributed by atoms with Crippen molar-refractivity contribution in [2.24, 2.45) is 0 Å². The van der Waals surface area contributed by atoms with E-state index in [0.717, 1.165) is 55.1 Å². The van der Waals surface area contributed by atoms with Crippen molar-refractivity contribution in [2.75, 3.05) is 44.4 Å². The number of carbonyl (C=O) groups is 1. The third-order valence-corrected chi connectivity index (χ3v) is 6.26. The molecule has 2 aliphatic rings. The van der Waals surface area contributed by atoms with Gasteiger partial charge in [0.25, 0.3) is 5.91 Å². The van der Waals surface area contributed by atoms with Gasteiger partial charge < -0.3 is 10.1 Å². The highest BCUT2D eigenvalue weighted by Crippen LogP contribution is 2.33. The summed E-state index contributed by atoms with van der Waals surface area (Å²) in [6.07, 6.45) is 1.11. The number of thioether (sulfide) groups is 1. The van der Waals surface area contributed by atoms with Crippen molar-refractivity contribution in [1.29, 1.82) is 0 Å². The Morgan fingerprint density at radius 1 is 1.38 bits per heavy atom. The van der Waals surface area contributed by atoms with E-state index in [2.05, 4.69) is 20.4 Å². The van der Waals surface area contributed by atoms with Gasteiger partial charge in [-0.25, -0.2) is 0 Å². The Kier molecular flexibility index (Phi) is 4.47. The molecule has 1 aromatic heterocycles. The van der Waals surface area contributed by atoms with Crippen LogP contribution in [0.3, 0.4) is 0 Å². The molecule has 2 aliphatic heterocycles. The first-order valence-electron chi connectivity index (χ1n) is 8.40. The van der Waals surface area contributed by atoms with E-state index in [1.807, 2.05) is 36.0 Å². The lowest BCUT2D eigenvalue weighted by molar-refractivity contribution is -0.0129. The Hall–Kier alpha value is -1.57. The lowest BCUT2D eigenvalue weighted by Crippen LogP contribution is -2.59. The summed E-state index contributed by atoms with van der Waals surface area (Å²) >= 11 is 1.97. The first-order valence-corrected chi connectivity index (χ1v) is 9.56. The molecule has 0 aliphatic carbocycles. The number of amides is 1. The number of rotatable bonds is 4. The first-order chi connectivity index (χ1) is 11.8. The summed E-state index contributed by atoms with van der Waals surface area (Å²) in [5.41, 5.74) is 1.42. The van der Waals surface area contributed by atoms with Crippen LogP contribution in [0.25, 0.3) is 10.9 Å². The van der Waals surface area contributed by atoms with Crippen LogP contribution in [0.15, 0.2) is 24.3 Å². The Morgan fingerprint density at radius 2 is 2.21 bits per heavy atom. The molecule has 0 spiro atoms. The summed E-state index contributed by atoms with van der Waals surface area (Å²) in [7, 11) is 0. The van der Waals surface area contributed by atoms with Gasteiger partial charge in [-0.15, -0.1) is 0 Å². The van der Waals surface area contributed by atoms with E-state index in [9.17, 15) is 4.79 Å². The van der Waals surface area contributed by atoms with Crippen LogP contribution in [0, 0.1) is 0 Å². The summed E-state index contributed by atoms with van der Waals surface area (Å²) in [5.74, 6) is 2.12. The fourth-order valence-electron chi connectivity index (χ4n) is 3.60. The van der Waals surface area contributed by atoms with Gasteiger partial charge in [0, 0.05) is 36.3 Å². The zero-order chi connectivity index (χ0) is 16.4. The maximum Gasteiger partial charge on any atom is 0.272 e. The zero-order valence-corrected chi connectivity index (χ0v) is 14.4. The van der Waals surface area contributed by atoms with Crippen LogP contribution in [0.5, 0.6) is 0 Å². The second kappa shape index (κ2) is 6.74. The maximum absolute atomic E-state index is 12.7. The molecule has 1 unspecified atom stereocenters. The van der Waals surface area contributed by atoms with Crippen molar-refractivity contribution >= 4 is 28.6 Å². The van der Waals surface area contributed by atoms with Crippen LogP contribution in [0.2, 0.25) is 0 Å². The predicted molar refractivity (Wildman–Crippen MR) is 95.5 cm³/mol. The number of fused-ring (bicyclic) bond motifs is 1. The molecular weight excluding hydrogens is 324 g/mol. The fourth-order valence-corrected chi connectivity index (χ4v) is 5.08. The molecule has 2 N–H and O–H groups in total. The van der Waals surface area contributed by atoms with Gasteiger partial charge in [0.05, 0.1) is 18.7 Å². The highest BCUT2D eigenvalue weighted by molar-refractivity contribution is 7.99. The molecule has 1 amide bonds. The number of hydrogen-bond donors (Lipinski definition) is 2. The standard InChI is InChI=1S/C17H22N4O2S/c22-16(15-13-3-1-2-4-14(13)19-20-15)18-11-17(5-10-24-12-17)21-6-8-23-9-7-21/h1-4H,5-12H2,(H,18,22)(H,19,20). The summed E-state index contributed by atoms with van der Waals surface area (Å²) in [4.78, 5) is 15.2. The number of ether oxygens (including phenoxy) is 1. The predicted octanol–water partition coefficient (Wildman–Crippen LogP) is 1.50. The molecule has 2 fully saturated rings. The molecule has 1 aromatic carbocycles. The number of nitrogens with one attached hydrogen (secondary N) is 2. The maximum atomic E-state index is 12.7. The molecule has 2 aromatic rings. The van der Waals surface area contributed by atoms with E-state index in [1.165, 1.54) is 0 Å². The van der Waals surface area contributed by atoms with Crippen molar-refractivity contribution in [3.05, 3.63) is 30.0 Å². The van der Waals surface area contributed by atoms with E-state index in [1.54, 1.807) is 0 Å². The number of nitrogens with zero attached hydrogens (tertiary/aromatic N) is 2. The SMILES string of the molecule is O=C(NCC1(N2CCOCC2)CCSC1)c1n[nH]c2ccccc12. The van der Waals surface area contributed by atoms with Crippen molar-refractivity contribution in [3.63, 3.8) is 0 Å². The second-order valence-corrected chi connectivity index (χ2v) is 7.53. The third-order valence-electron chi connectivity index (χ3n) is 5.03. The normalized spacial score (nSPS) is 25.2. The van der Waals surface area contributed by atoms with Gasteiger partial charge in [-0.05, 0) is 18.2 Å². The number of H-pyrrole nitrogens is 1. The fraction of sp³-hybridized carbons (Fsp3) is 0.529. The van der Waals surface area contributed by atoms with Gasteiger partial charge in [-0.3, -0.25) is 14.8 Å². The Balaban J connectivity index is 1.48. The van der Waals surface area contributed by atoms with Gasteiger partial charge in [-0.1, -0.05) is 18.2 Å². The number of hydrogen-bond acceptors (Lipinski definition) is 5. The number of carbonyl (C=O) groups excluding carboxylic acids is 1. The minimum atomic E-state index is -0.100. The molecule has 7 heteroatoms. The summed E-state index contributed by atoms with van der Waals surface area (Å²) < 4.78 is 5.49. The van der Waals surface area contributed by atoms with Crippen molar-refractivity contribution in [1.82, 2.24) is 20.4 Å². The average Bonchev–Trinajstić information content (AvgIpc) is 3.28. The molecule has 24 heavy (non-hydrogen) atoms. The molecule has 2 saturated heterocycles. The Morgan fingerprint density at radius 3 is 3.00 bits per heavy atom. The van der Waals surface area contributed by atoms with Gasteiger partial charge >= 0.3 is 0 Å². The van der Waals surface area contributed by atoms with Crippen LogP contribution in [-0.4, -0.2) is 70.9 Å². The first kappa shape index (κ1) is 15.9. The number of aromatic nitrogens is 2. The van der Waals surface area contributed by atoms with Crippen LogP contribution < -0.4 is 5.32 Å². The van der Waals surface area contributed by atoms with E-state index >= 15 is 0 Å². The van der Waals surface area contributed by atoms with Gasteiger partial charge in [0.15, 0.2) is 5.69 Å². The number of morpholine rings is 1. The summed E-state index contributed by atoms with van der Waals surface area (Å²) in [6.45, 7) is 4.12. The lowest BCUT2D eigenvalue weighted by Gasteiger charge is -2.43. The van der Waals surface area contributed by atoms with Crippen molar-refractivity contribution < 1.29 is 9.53 Å². The monoisotopic (exact) mass is 346 g/mol. The Labute approximate surface area is 145 Å². The highest BCUT2D eigenvalue weighted by Gasteiger charge is 2.41. The molecule has 0 saturated carbocycles. The van der Waals surface area contributed by atoms with E-state index in [0.29, 0.717) is 12.2 Å². The second-order valence-electron chi connectivity index (χ2n) is 6.43. The van der Waals surface area contributed by atoms with Gasteiger partial charge in [0.1, 0.15) is 0 Å². The van der Waals surface area contributed by atoms with Gasteiger partial charge in [0.2, 0.25) is 0 Å². The smallest absolute Gasteiger partial charge is 0.272 e. The molecule has 1 atom stereocenters.